The van der Waals surface area contributed by atoms with E-state index in [0.717, 1.165) is 11.1 Å². The molecule has 136 valence electrons. The number of hydrogen-bond donors (Lipinski definition) is 0. The lowest BCUT2D eigenvalue weighted by Crippen LogP contribution is -2.27. The van der Waals surface area contributed by atoms with Gasteiger partial charge < -0.3 is 14.2 Å². The summed E-state index contributed by atoms with van der Waals surface area (Å²) in [4.78, 5) is 12.3. The number of rotatable bonds is 7. The fourth-order valence-corrected chi connectivity index (χ4v) is 3.06. The third-order valence-corrected chi connectivity index (χ3v) is 4.42. The maximum Gasteiger partial charge on any atom is 0.342 e. The van der Waals surface area contributed by atoms with Gasteiger partial charge in [-0.25, -0.2) is 4.79 Å². The Labute approximate surface area is 154 Å². The Morgan fingerprint density at radius 3 is 2.77 bits per heavy atom. The molecule has 0 radical (unpaired) electrons. The smallest absolute Gasteiger partial charge is 0.342 e. The van der Waals surface area contributed by atoms with Crippen LogP contribution in [0.5, 0.6) is 5.75 Å². The van der Waals surface area contributed by atoms with E-state index >= 15 is 0 Å². The van der Waals surface area contributed by atoms with E-state index in [0.29, 0.717) is 30.8 Å². The zero-order valence-electron chi connectivity index (χ0n) is 15.2. The van der Waals surface area contributed by atoms with Crippen molar-refractivity contribution in [2.45, 2.75) is 38.6 Å². The van der Waals surface area contributed by atoms with Crippen LogP contribution < -0.4 is 4.74 Å². The van der Waals surface area contributed by atoms with Gasteiger partial charge in [0, 0.05) is 12.8 Å². The first kappa shape index (κ1) is 18.2. The Kier molecular flexibility index (Phi) is 6.08. The lowest BCUT2D eigenvalue weighted by atomic mass is 9.96. The molecule has 0 aliphatic carbocycles. The van der Waals surface area contributed by atoms with E-state index in [2.05, 4.69) is 0 Å². The fraction of sp³-hybridized carbons (Fsp3) is 0.318. The molecule has 0 unspecified atom stereocenters. The molecule has 0 spiro atoms. The summed E-state index contributed by atoms with van der Waals surface area (Å²) >= 11 is 0. The van der Waals surface area contributed by atoms with Crippen LogP contribution in [-0.2, 0) is 22.5 Å². The van der Waals surface area contributed by atoms with Crippen LogP contribution in [0.1, 0.15) is 34.8 Å². The van der Waals surface area contributed by atoms with Crippen LogP contribution in [0.15, 0.2) is 60.7 Å². The Bertz CT molecular complexity index is 767. The van der Waals surface area contributed by atoms with Crippen molar-refractivity contribution in [3.05, 3.63) is 77.4 Å². The van der Waals surface area contributed by atoms with Gasteiger partial charge in [0.2, 0.25) is 0 Å². The minimum atomic E-state index is -0.310. The summed E-state index contributed by atoms with van der Waals surface area (Å²) in [5, 5.41) is 0. The molecular formula is C22H24O4. The van der Waals surface area contributed by atoms with E-state index < -0.39 is 0 Å². The maximum atomic E-state index is 12.3. The van der Waals surface area contributed by atoms with Crippen molar-refractivity contribution in [2.75, 3.05) is 7.11 Å². The summed E-state index contributed by atoms with van der Waals surface area (Å²) in [6.45, 7) is 2.59. The van der Waals surface area contributed by atoms with Crippen molar-refractivity contribution in [3.8, 4) is 5.75 Å². The minimum Gasteiger partial charge on any atom is -0.496 e. The molecule has 2 atom stereocenters. The topological polar surface area (TPSA) is 44.8 Å². The Morgan fingerprint density at radius 1 is 1.19 bits per heavy atom. The lowest BCUT2D eigenvalue weighted by Gasteiger charge is -2.25. The molecule has 0 N–H and O–H groups in total. The number of carbonyl (C=O) groups excluding carboxylic acids is 1. The number of fused-ring (bicyclic) bond motifs is 1. The lowest BCUT2D eigenvalue weighted by molar-refractivity contribution is 0.0260. The molecule has 4 nitrogen and oxygen atoms in total. The Morgan fingerprint density at radius 2 is 2.00 bits per heavy atom. The van der Waals surface area contributed by atoms with Gasteiger partial charge in [-0.15, -0.1) is 0 Å². The van der Waals surface area contributed by atoms with Gasteiger partial charge in [-0.1, -0.05) is 54.6 Å². The molecule has 1 aliphatic heterocycles. The quantitative estimate of drug-likeness (QED) is 0.550. The third kappa shape index (κ3) is 4.52. The number of esters is 1. The Hall–Kier alpha value is -2.59. The highest BCUT2D eigenvalue weighted by Gasteiger charge is 2.28. The average molecular weight is 352 g/mol. The van der Waals surface area contributed by atoms with E-state index in [4.69, 9.17) is 14.2 Å². The average Bonchev–Trinajstić information content (AvgIpc) is 2.66. The second kappa shape index (κ2) is 8.68. The molecular weight excluding hydrogens is 328 g/mol. The predicted molar refractivity (Wildman–Crippen MR) is 100 cm³/mol. The zero-order valence-corrected chi connectivity index (χ0v) is 15.2. The highest BCUT2D eigenvalue weighted by atomic mass is 16.5. The number of hydrogen-bond acceptors (Lipinski definition) is 4. The highest BCUT2D eigenvalue weighted by Crippen LogP contribution is 2.29. The summed E-state index contributed by atoms with van der Waals surface area (Å²) in [6.07, 6.45) is 5.25. The van der Waals surface area contributed by atoms with Gasteiger partial charge in [-0.3, -0.25) is 0 Å². The molecule has 0 saturated carbocycles. The van der Waals surface area contributed by atoms with E-state index in [1.807, 2.05) is 61.5 Å². The second-order valence-corrected chi connectivity index (χ2v) is 6.39. The molecule has 0 fully saturated rings. The van der Waals surface area contributed by atoms with Gasteiger partial charge in [0.15, 0.2) is 0 Å². The van der Waals surface area contributed by atoms with Gasteiger partial charge in [0.25, 0.3) is 0 Å². The number of cyclic esters (lactones) is 1. The van der Waals surface area contributed by atoms with Crippen LogP contribution in [0, 0.1) is 0 Å². The largest absolute Gasteiger partial charge is 0.496 e. The summed E-state index contributed by atoms with van der Waals surface area (Å²) in [5.74, 6) is 0.264. The first-order valence-corrected chi connectivity index (χ1v) is 8.86. The van der Waals surface area contributed by atoms with E-state index in [1.165, 1.54) is 0 Å². The van der Waals surface area contributed by atoms with Crippen LogP contribution >= 0.6 is 0 Å². The van der Waals surface area contributed by atoms with Crippen molar-refractivity contribution < 1.29 is 19.0 Å². The summed E-state index contributed by atoms with van der Waals surface area (Å²) < 4.78 is 16.6. The van der Waals surface area contributed by atoms with Gasteiger partial charge >= 0.3 is 5.97 Å². The van der Waals surface area contributed by atoms with Crippen molar-refractivity contribution in [2.24, 2.45) is 0 Å². The van der Waals surface area contributed by atoms with Crippen LogP contribution in [-0.4, -0.2) is 25.3 Å². The zero-order chi connectivity index (χ0) is 18.4. The van der Waals surface area contributed by atoms with Gasteiger partial charge in [-0.2, -0.15) is 0 Å². The normalized spacial score (nSPS) is 17.6. The molecule has 2 aromatic rings. The predicted octanol–water partition coefficient (Wildman–Crippen LogP) is 4.33. The van der Waals surface area contributed by atoms with Crippen molar-refractivity contribution in [3.63, 3.8) is 0 Å². The van der Waals surface area contributed by atoms with E-state index in [1.54, 1.807) is 13.2 Å². The van der Waals surface area contributed by atoms with E-state index in [9.17, 15) is 4.79 Å². The molecule has 2 aromatic carbocycles. The number of methoxy groups -OCH3 is 1. The molecule has 3 rings (SSSR count). The summed E-state index contributed by atoms with van der Waals surface area (Å²) in [7, 11) is 1.56. The second-order valence-electron chi connectivity index (χ2n) is 6.39. The van der Waals surface area contributed by atoms with Crippen molar-refractivity contribution in [1.29, 1.82) is 0 Å². The summed E-state index contributed by atoms with van der Waals surface area (Å²) in [5.41, 5.74) is 2.68. The SMILES string of the molecule is COc1cccc2c1C(=O)O[C@H](C/C=C/[C@H](C)OCc1ccccc1)C2. The van der Waals surface area contributed by atoms with E-state index in [-0.39, 0.29) is 18.2 Å². The monoisotopic (exact) mass is 352 g/mol. The maximum absolute atomic E-state index is 12.3. The van der Waals surface area contributed by atoms with Gasteiger partial charge in [-0.05, 0) is 24.1 Å². The molecule has 0 amide bonds. The third-order valence-electron chi connectivity index (χ3n) is 4.42. The molecule has 0 bridgehead atoms. The van der Waals surface area contributed by atoms with Crippen LogP contribution in [0.4, 0.5) is 0 Å². The number of benzene rings is 2. The Balaban J connectivity index is 1.52. The van der Waals surface area contributed by atoms with Crippen LogP contribution in [0.3, 0.4) is 0 Å². The van der Waals surface area contributed by atoms with Gasteiger partial charge in [0.1, 0.15) is 17.4 Å². The standard InChI is InChI=1S/C22H24O4/c1-16(25-15-17-9-4-3-5-10-17)8-6-12-19-14-18-11-7-13-20(24-2)21(18)22(23)26-19/h3-11,13,16,19H,12,14-15H2,1-2H3/b8-6+/t16-,19+/m0/s1. The first-order chi connectivity index (χ1) is 12.7. The van der Waals surface area contributed by atoms with Crippen molar-refractivity contribution >= 4 is 5.97 Å². The summed E-state index contributed by atoms with van der Waals surface area (Å²) in [6, 6.07) is 15.7. The molecule has 0 saturated heterocycles. The van der Waals surface area contributed by atoms with Crippen LogP contribution in [0.2, 0.25) is 0 Å². The fourth-order valence-electron chi connectivity index (χ4n) is 3.06. The number of ether oxygens (including phenoxy) is 3. The molecule has 1 heterocycles. The molecule has 26 heavy (non-hydrogen) atoms. The first-order valence-electron chi connectivity index (χ1n) is 8.86. The minimum absolute atomic E-state index is 0.00174. The molecule has 4 heteroatoms. The molecule has 1 aliphatic rings. The number of carbonyl (C=O) groups is 1. The van der Waals surface area contributed by atoms with Crippen LogP contribution in [0.25, 0.3) is 0 Å². The van der Waals surface area contributed by atoms with Gasteiger partial charge in [0.05, 0.1) is 19.8 Å². The van der Waals surface area contributed by atoms with Crippen molar-refractivity contribution in [1.82, 2.24) is 0 Å². The highest BCUT2D eigenvalue weighted by molar-refractivity contribution is 5.95. The molecule has 0 aromatic heterocycles.